The van der Waals surface area contributed by atoms with Crippen LogP contribution < -0.4 is 0 Å². The maximum atomic E-state index is 11.1. The fourth-order valence-electron chi connectivity index (χ4n) is 4.47. The molecule has 0 heterocycles. The van der Waals surface area contributed by atoms with Gasteiger partial charge in [0, 0.05) is 17.8 Å². The Labute approximate surface area is 124 Å². The second kappa shape index (κ2) is 4.45. The van der Waals surface area contributed by atoms with Gasteiger partial charge < -0.3 is 5.11 Å². The molecule has 0 spiro atoms. The molecule has 5 rings (SSSR count). The zero-order valence-corrected chi connectivity index (χ0v) is 11.9. The minimum Gasteiger partial charge on any atom is -0.481 e. The lowest BCUT2D eigenvalue weighted by Gasteiger charge is -2.49. The van der Waals surface area contributed by atoms with E-state index in [1.54, 1.807) is 0 Å². The molecule has 3 aliphatic carbocycles. The van der Waals surface area contributed by atoms with Gasteiger partial charge in [-0.1, -0.05) is 48.5 Å². The Balaban J connectivity index is 1.94. The van der Waals surface area contributed by atoms with Crippen molar-refractivity contribution < 1.29 is 9.90 Å². The van der Waals surface area contributed by atoms with Crippen molar-refractivity contribution in [2.45, 2.75) is 37.0 Å². The van der Waals surface area contributed by atoms with Gasteiger partial charge in [0.2, 0.25) is 0 Å². The minimum absolute atomic E-state index is 0.0969. The molecule has 0 aromatic heterocycles. The highest BCUT2D eigenvalue weighted by atomic mass is 16.4. The smallest absolute Gasteiger partial charge is 0.303 e. The average molecular weight is 278 g/mol. The van der Waals surface area contributed by atoms with Gasteiger partial charge >= 0.3 is 5.97 Å². The lowest BCUT2D eigenvalue weighted by atomic mass is 9.54. The van der Waals surface area contributed by atoms with E-state index in [-0.39, 0.29) is 11.8 Å². The van der Waals surface area contributed by atoms with Crippen LogP contribution in [-0.2, 0) is 10.2 Å². The molecule has 0 amide bonds. The standard InChI is InChI=1S/C19H18O2/c20-18(21)10-12-19-11-9-13(14-5-1-3-7-16(14)19)15-6-2-4-8-17(15)19/h1-8,13H,9-12H2,(H,20,21). The van der Waals surface area contributed by atoms with E-state index >= 15 is 0 Å². The van der Waals surface area contributed by atoms with Crippen LogP contribution in [-0.4, -0.2) is 11.1 Å². The van der Waals surface area contributed by atoms with Crippen molar-refractivity contribution in [3.63, 3.8) is 0 Å². The van der Waals surface area contributed by atoms with Crippen LogP contribution in [0.5, 0.6) is 0 Å². The number of carboxylic acids is 1. The first-order valence-corrected chi connectivity index (χ1v) is 7.63. The molecule has 3 aliphatic rings. The van der Waals surface area contributed by atoms with E-state index < -0.39 is 5.97 Å². The van der Waals surface area contributed by atoms with E-state index in [4.69, 9.17) is 5.11 Å². The van der Waals surface area contributed by atoms with E-state index in [2.05, 4.69) is 48.5 Å². The Morgan fingerprint density at radius 3 is 2.19 bits per heavy atom. The highest BCUT2D eigenvalue weighted by Gasteiger charge is 2.47. The molecule has 2 aromatic rings. The Bertz CT molecular complexity index is 670. The van der Waals surface area contributed by atoms with Gasteiger partial charge in [-0.15, -0.1) is 0 Å². The zero-order chi connectivity index (χ0) is 14.4. The van der Waals surface area contributed by atoms with Gasteiger partial charge in [-0.05, 0) is 41.5 Å². The molecule has 0 unspecified atom stereocenters. The van der Waals surface area contributed by atoms with Crippen LogP contribution in [0.3, 0.4) is 0 Å². The molecule has 0 fully saturated rings. The zero-order valence-electron chi connectivity index (χ0n) is 11.9. The normalized spacial score (nSPS) is 25.2. The predicted octanol–water partition coefficient (Wildman–Crippen LogP) is 4.08. The number of carbonyl (C=O) groups is 1. The first-order valence-electron chi connectivity index (χ1n) is 7.63. The van der Waals surface area contributed by atoms with Crippen LogP contribution in [0, 0.1) is 0 Å². The molecule has 2 bridgehead atoms. The monoisotopic (exact) mass is 278 g/mol. The van der Waals surface area contributed by atoms with E-state index in [9.17, 15) is 4.79 Å². The summed E-state index contributed by atoms with van der Waals surface area (Å²) in [6, 6.07) is 17.3. The molecule has 21 heavy (non-hydrogen) atoms. The SMILES string of the molecule is O=C(O)CCC12CCC(c3ccccc31)c1ccccc12. The molecule has 0 aliphatic heterocycles. The Kier molecular flexibility index (Phi) is 2.68. The number of hydrogen-bond acceptors (Lipinski definition) is 1. The van der Waals surface area contributed by atoms with Crippen molar-refractivity contribution in [2.75, 3.05) is 0 Å². The van der Waals surface area contributed by atoms with Crippen LogP contribution in [0.1, 0.15) is 53.9 Å². The van der Waals surface area contributed by atoms with E-state index in [0.717, 1.165) is 12.8 Å². The molecule has 1 N–H and O–H groups in total. The summed E-state index contributed by atoms with van der Waals surface area (Å²) in [5.74, 6) is -0.212. The van der Waals surface area contributed by atoms with Crippen molar-refractivity contribution in [3.05, 3.63) is 70.8 Å². The number of rotatable bonds is 3. The maximum Gasteiger partial charge on any atom is 0.303 e. The third kappa shape index (κ3) is 1.68. The maximum absolute atomic E-state index is 11.1. The average Bonchev–Trinajstić information content (AvgIpc) is 2.54. The van der Waals surface area contributed by atoms with Crippen LogP contribution >= 0.6 is 0 Å². The van der Waals surface area contributed by atoms with Crippen molar-refractivity contribution >= 4 is 5.97 Å². The van der Waals surface area contributed by atoms with E-state index in [1.165, 1.54) is 22.3 Å². The summed E-state index contributed by atoms with van der Waals surface area (Å²) in [6.07, 6.45) is 3.13. The highest BCUT2D eigenvalue weighted by molar-refractivity contribution is 5.68. The summed E-state index contributed by atoms with van der Waals surface area (Å²) in [5, 5.41) is 9.16. The van der Waals surface area contributed by atoms with Gasteiger partial charge in [0.15, 0.2) is 0 Å². The third-order valence-electron chi connectivity index (χ3n) is 5.33. The molecular weight excluding hydrogens is 260 g/mol. The van der Waals surface area contributed by atoms with Gasteiger partial charge in [-0.3, -0.25) is 4.79 Å². The first-order chi connectivity index (χ1) is 10.2. The van der Waals surface area contributed by atoms with Crippen LogP contribution in [0.25, 0.3) is 0 Å². The third-order valence-corrected chi connectivity index (χ3v) is 5.33. The van der Waals surface area contributed by atoms with Gasteiger partial charge in [-0.25, -0.2) is 0 Å². The summed E-state index contributed by atoms with van der Waals surface area (Å²) in [6.45, 7) is 0. The second-order valence-corrected chi connectivity index (χ2v) is 6.24. The number of aliphatic carboxylic acids is 1. The summed E-state index contributed by atoms with van der Waals surface area (Å²) in [4.78, 5) is 11.1. The summed E-state index contributed by atoms with van der Waals surface area (Å²) < 4.78 is 0. The number of benzene rings is 2. The van der Waals surface area contributed by atoms with Gasteiger partial charge in [0.25, 0.3) is 0 Å². The van der Waals surface area contributed by atoms with Crippen molar-refractivity contribution in [1.82, 2.24) is 0 Å². The number of carboxylic acid groups (broad SMARTS) is 1. The van der Waals surface area contributed by atoms with Crippen LogP contribution in [0.4, 0.5) is 0 Å². The molecule has 2 aromatic carbocycles. The van der Waals surface area contributed by atoms with Gasteiger partial charge in [0.1, 0.15) is 0 Å². The molecule has 106 valence electrons. The second-order valence-electron chi connectivity index (χ2n) is 6.24. The Hall–Kier alpha value is -2.09. The van der Waals surface area contributed by atoms with Crippen LogP contribution in [0.15, 0.2) is 48.5 Å². The van der Waals surface area contributed by atoms with Gasteiger partial charge in [0.05, 0.1) is 0 Å². The largest absolute Gasteiger partial charge is 0.481 e. The van der Waals surface area contributed by atoms with E-state index in [1.807, 2.05) is 0 Å². The van der Waals surface area contributed by atoms with Crippen LogP contribution in [0.2, 0.25) is 0 Å². The van der Waals surface area contributed by atoms with Crippen molar-refractivity contribution in [3.8, 4) is 0 Å². The molecule has 0 atom stereocenters. The Morgan fingerprint density at radius 1 is 1.05 bits per heavy atom. The molecule has 0 saturated heterocycles. The predicted molar refractivity (Wildman–Crippen MR) is 81.6 cm³/mol. The fraction of sp³-hybridized carbons (Fsp3) is 0.316. The quantitative estimate of drug-likeness (QED) is 0.918. The lowest BCUT2D eigenvalue weighted by molar-refractivity contribution is -0.137. The fourth-order valence-corrected chi connectivity index (χ4v) is 4.47. The molecular formula is C19H18O2. The molecule has 0 radical (unpaired) electrons. The topological polar surface area (TPSA) is 37.3 Å². The van der Waals surface area contributed by atoms with Crippen molar-refractivity contribution in [1.29, 1.82) is 0 Å². The van der Waals surface area contributed by atoms with Crippen molar-refractivity contribution in [2.24, 2.45) is 0 Å². The first kappa shape index (κ1) is 12.6. The van der Waals surface area contributed by atoms with E-state index in [0.29, 0.717) is 12.3 Å². The molecule has 0 saturated carbocycles. The summed E-state index contributed by atoms with van der Waals surface area (Å²) in [5.41, 5.74) is 5.45. The lowest BCUT2D eigenvalue weighted by Crippen LogP contribution is -2.40. The van der Waals surface area contributed by atoms with Gasteiger partial charge in [-0.2, -0.15) is 0 Å². The minimum atomic E-state index is -0.702. The molecule has 2 heteroatoms. The highest BCUT2D eigenvalue weighted by Crippen LogP contribution is 2.57. The Morgan fingerprint density at radius 2 is 1.62 bits per heavy atom. The molecule has 2 nitrogen and oxygen atoms in total. The summed E-state index contributed by atoms with van der Waals surface area (Å²) in [7, 11) is 0. The number of hydrogen-bond donors (Lipinski definition) is 1. The summed E-state index contributed by atoms with van der Waals surface area (Å²) >= 11 is 0. The number of fused-ring (bicyclic) bond motifs is 1.